The Morgan fingerprint density at radius 1 is 1.15 bits per heavy atom. The molecule has 0 bridgehead atoms. The number of ether oxygens (including phenoxy) is 1. The number of hydrogen-bond donors (Lipinski definition) is 1. The molecule has 2 aromatic rings. The van der Waals surface area contributed by atoms with Crippen LogP contribution in [0.15, 0.2) is 48.5 Å². The third kappa shape index (κ3) is 2.74. The molecule has 2 unspecified atom stereocenters. The minimum absolute atomic E-state index is 0.148. The van der Waals surface area contributed by atoms with E-state index in [1.165, 1.54) is 23.3 Å². The van der Waals surface area contributed by atoms with Gasteiger partial charge in [0.2, 0.25) is 0 Å². The molecule has 2 nitrogen and oxygen atoms in total. The van der Waals surface area contributed by atoms with Crippen LogP contribution in [-0.2, 0) is 11.3 Å². The Hall–Kier alpha value is -1.71. The van der Waals surface area contributed by atoms with Gasteiger partial charge in [-0.25, -0.2) is 4.39 Å². The molecule has 2 atom stereocenters. The molecule has 3 heteroatoms. The second kappa shape index (κ2) is 5.73. The van der Waals surface area contributed by atoms with E-state index in [2.05, 4.69) is 30.4 Å². The molecule has 0 aliphatic carbocycles. The summed E-state index contributed by atoms with van der Waals surface area (Å²) in [7, 11) is 0. The Morgan fingerprint density at radius 2 is 1.90 bits per heavy atom. The van der Waals surface area contributed by atoms with Gasteiger partial charge in [0.1, 0.15) is 5.82 Å². The van der Waals surface area contributed by atoms with Gasteiger partial charge >= 0.3 is 0 Å². The largest absolute Gasteiger partial charge is 0.375 e. The number of rotatable bonds is 3. The highest BCUT2D eigenvalue weighted by atomic mass is 19.1. The highest BCUT2D eigenvalue weighted by Crippen LogP contribution is 2.27. The van der Waals surface area contributed by atoms with Gasteiger partial charge in [0.15, 0.2) is 0 Å². The molecular weight excluding hydrogens is 253 g/mol. The molecule has 1 N–H and O–H groups in total. The summed E-state index contributed by atoms with van der Waals surface area (Å²) in [5, 5.41) is 3.56. The molecular formula is C17H18FNO. The van der Waals surface area contributed by atoms with Crippen molar-refractivity contribution in [3.05, 3.63) is 71.0 Å². The van der Waals surface area contributed by atoms with Gasteiger partial charge in [-0.3, -0.25) is 0 Å². The summed E-state index contributed by atoms with van der Waals surface area (Å²) in [5.41, 5.74) is 3.62. The van der Waals surface area contributed by atoms with Crippen LogP contribution in [0.25, 0.3) is 0 Å². The lowest BCUT2D eigenvalue weighted by molar-refractivity contribution is 0.0791. The Kier molecular flexibility index (Phi) is 3.81. The van der Waals surface area contributed by atoms with E-state index >= 15 is 0 Å². The first kappa shape index (κ1) is 13.3. The van der Waals surface area contributed by atoms with Crippen molar-refractivity contribution in [3.8, 4) is 0 Å². The van der Waals surface area contributed by atoms with Crippen LogP contribution in [0, 0.1) is 5.82 Å². The monoisotopic (exact) mass is 271 g/mol. The molecule has 3 rings (SSSR count). The fraction of sp³-hybridized carbons (Fsp3) is 0.294. The number of nitrogens with one attached hydrogen (secondary N) is 1. The maximum atomic E-state index is 13.0. The SMILES string of the molecule is CC(NC1COCc2ccccc21)c1ccc(F)cc1. The molecule has 0 saturated heterocycles. The van der Waals surface area contributed by atoms with Crippen LogP contribution in [0.3, 0.4) is 0 Å². The van der Waals surface area contributed by atoms with Gasteiger partial charge in [0.05, 0.1) is 19.3 Å². The molecule has 104 valence electrons. The van der Waals surface area contributed by atoms with E-state index < -0.39 is 0 Å². The molecule has 0 radical (unpaired) electrons. The van der Waals surface area contributed by atoms with Crippen LogP contribution < -0.4 is 5.32 Å². The molecule has 0 spiro atoms. The standard InChI is InChI=1S/C17H18FNO/c1-12(13-6-8-15(18)9-7-13)19-17-11-20-10-14-4-2-3-5-16(14)17/h2-9,12,17,19H,10-11H2,1H3. The lowest BCUT2D eigenvalue weighted by Crippen LogP contribution is -2.31. The second-order valence-electron chi connectivity index (χ2n) is 5.21. The number of hydrogen-bond acceptors (Lipinski definition) is 2. The van der Waals surface area contributed by atoms with Gasteiger partial charge in [0.25, 0.3) is 0 Å². The van der Waals surface area contributed by atoms with Gasteiger partial charge in [-0.2, -0.15) is 0 Å². The molecule has 1 aliphatic rings. The zero-order valence-corrected chi connectivity index (χ0v) is 11.5. The summed E-state index contributed by atoms with van der Waals surface area (Å²) in [5.74, 6) is -0.202. The van der Waals surface area contributed by atoms with Crippen LogP contribution in [0.5, 0.6) is 0 Å². The average molecular weight is 271 g/mol. The third-order valence-corrected chi connectivity index (χ3v) is 3.79. The average Bonchev–Trinajstić information content (AvgIpc) is 2.48. The maximum Gasteiger partial charge on any atom is 0.123 e. The topological polar surface area (TPSA) is 21.3 Å². The summed E-state index contributed by atoms with van der Waals surface area (Å²) < 4.78 is 18.6. The molecule has 0 amide bonds. The summed E-state index contributed by atoms with van der Waals surface area (Å²) in [4.78, 5) is 0. The first-order chi connectivity index (χ1) is 9.74. The number of fused-ring (bicyclic) bond motifs is 1. The second-order valence-corrected chi connectivity index (χ2v) is 5.21. The molecule has 2 aromatic carbocycles. The van der Waals surface area contributed by atoms with E-state index in [0.29, 0.717) is 13.2 Å². The first-order valence-corrected chi connectivity index (χ1v) is 6.91. The van der Waals surface area contributed by atoms with Crippen LogP contribution in [-0.4, -0.2) is 6.61 Å². The van der Waals surface area contributed by atoms with Crippen LogP contribution in [0.4, 0.5) is 4.39 Å². The normalized spacial score (nSPS) is 19.4. The minimum Gasteiger partial charge on any atom is -0.375 e. The van der Waals surface area contributed by atoms with Crippen molar-refractivity contribution in [2.75, 3.05) is 6.61 Å². The van der Waals surface area contributed by atoms with Crippen molar-refractivity contribution in [2.24, 2.45) is 0 Å². The molecule has 0 aromatic heterocycles. The predicted octanol–water partition coefficient (Wildman–Crippen LogP) is 3.75. The third-order valence-electron chi connectivity index (χ3n) is 3.79. The Balaban J connectivity index is 1.77. The van der Waals surface area contributed by atoms with Gasteiger partial charge in [-0.15, -0.1) is 0 Å². The van der Waals surface area contributed by atoms with Crippen molar-refractivity contribution in [1.82, 2.24) is 5.32 Å². The summed E-state index contributed by atoms with van der Waals surface area (Å²) in [6.07, 6.45) is 0. The van der Waals surface area contributed by atoms with Gasteiger partial charge in [-0.05, 0) is 35.7 Å². The number of benzene rings is 2. The van der Waals surface area contributed by atoms with E-state index in [1.807, 2.05) is 18.2 Å². The fourth-order valence-electron chi connectivity index (χ4n) is 2.67. The van der Waals surface area contributed by atoms with Crippen molar-refractivity contribution in [3.63, 3.8) is 0 Å². The van der Waals surface area contributed by atoms with Crippen LogP contribution in [0.1, 0.15) is 35.7 Å². The van der Waals surface area contributed by atoms with E-state index in [4.69, 9.17) is 4.74 Å². The molecule has 0 saturated carbocycles. The van der Waals surface area contributed by atoms with E-state index in [9.17, 15) is 4.39 Å². The highest BCUT2D eigenvalue weighted by Gasteiger charge is 2.21. The van der Waals surface area contributed by atoms with Crippen LogP contribution >= 0.6 is 0 Å². The van der Waals surface area contributed by atoms with Crippen molar-refractivity contribution < 1.29 is 9.13 Å². The summed E-state index contributed by atoms with van der Waals surface area (Å²) in [6, 6.07) is 15.3. The molecule has 1 aliphatic heterocycles. The first-order valence-electron chi connectivity index (χ1n) is 6.91. The van der Waals surface area contributed by atoms with E-state index in [0.717, 1.165) is 5.56 Å². The minimum atomic E-state index is -0.202. The van der Waals surface area contributed by atoms with E-state index in [1.54, 1.807) is 0 Å². The lowest BCUT2D eigenvalue weighted by atomic mass is 9.97. The van der Waals surface area contributed by atoms with Crippen molar-refractivity contribution in [1.29, 1.82) is 0 Å². The summed E-state index contributed by atoms with van der Waals surface area (Å²) >= 11 is 0. The maximum absolute atomic E-state index is 13.0. The quantitative estimate of drug-likeness (QED) is 0.918. The fourth-order valence-corrected chi connectivity index (χ4v) is 2.67. The molecule has 0 fully saturated rings. The zero-order chi connectivity index (χ0) is 13.9. The van der Waals surface area contributed by atoms with Gasteiger partial charge in [0, 0.05) is 6.04 Å². The summed E-state index contributed by atoms with van der Waals surface area (Å²) in [6.45, 7) is 3.44. The van der Waals surface area contributed by atoms with Crippen molar-refractivity contribution in [2.45, 2.75) is 25.6 Å². The number of halogens is 1. The Morgan fingerprint density at radius 3 is 2.70 bits per heavy atom. The van der Waals surface area contributed by atoms with Crippen molar-refractivity contribution >= 4 is 0 Å². The molecule has 20 heavy (non-hydrogen) atoms. The lowest BCUT2D eigenvalue weighted by Gasteiger charge is -2.29. The smallest absolute Gasteiger partial charge is 0.123 e. The zero-order valence-electron chi connectivity index (χ0n) is 11.5. The Labute approximate surface area is 118 Å². The Bertz CT molecular complexity index is 582. The molecule has 1 heterocycles. The van der Waals surface area contributed by atoms with Crippen LogP contribution in [0.2, 0.25) is 0 Å². The van der Waals surface area contributed by atoms with E-state index in [-0.39, 0.29) is 17.9 Å². The predicted molar refractivity (Wildman–Crippen MR) is 76.8 cm³/mol. The van der Waals surface area contributed by atoms with Gasteiger partial charge in [-0.1, -0.05) is 36.4 Å². The highest BCUT2D eigenvalue weighted by molar-refractivity contribution is 5.31. The van der Waals surface area contributed by atoms with Gasteiger partial charge < -0.3 is 10.1 Å².